The predicted molar refractivity (Wildman–Crippen MR) is 92.4 cm³/mol. The highest BCUT2D eigenvalue weighted by atomic mass is 79.9. The minimum atomic E-state index is -0.0937. The topological polar surface area (TPSA) is 41.1 Å². The van der Waals surface area contributed by atoms with E-state index in [1.54, 1.807) is 6.07 Å². The van der Waals surface area contributed by atoms with E-state index in [4.69, 9.17) is 11.6 Å². The van der Waals surface area contributed by atoms with Crippen LogP contribution in [-0.2, 0) is 6.42 Å². The molecule has 6 heteroatoms. The predicted octanol–water partition coefficient (Wildman–Crippen LogP) is 3.72. The maximum absolute atomic E-state index is 12.3. The summed E-state index contributed by atoms with van der Waals surface area (Å²) in [6, 6.07) is 11.9. The molecule has 0 bridgehead atoms. The number of hydrogen-bond donors (Lipinski definition) is 2. The molecule has 1 atom stereocenters. The Morgan fingerprint density at radius 3 is 2.67 bits per heavy atom. The van der Waals surface area contributed by atoms with Crippen LogP contribution < -0.4 is 10.6 Å². The van der Waals surface area contributed by atoms with Gasteiger partial charge in [-0.1, -0.05) is 41.9 Å². The normalized spacial score (nSPS) is 12.1. The van der Waals surface area contributed by atoms with Crippen molar-refractivity contribution in [2.24, 2.45) is 0 Å². The molecule has 1 aromatic heterocycles. The van der Waals surface area contributed by atoms with Crippen LogP contribution in [0.25, 0.3) is 0 Å². The van der Waals surface area contributed by atoms with Crippen LogP contribution in [0.5, 0.6) is 0 Å². The lowest BCUT2D eigenvalue weighted by Gasteiger charge is -2.18. The summed E-state index contributed by atoms with van der Waals surface area (Å²) in [7, 11) is 1.88. The molecule has 1 heterocycles. The van der Waals surface area contributed by atoms with Gasteiger partial charge in [0.2, 0.25) is 0 Å². The molecule has 0 aliphatic heterocycles. The molecular formula is C15H16BrClN2OS. The summed E-state index contributed by atoms with van der Waals surface area (Å²) in [5.41, 5.74) is 1.20. The van der Waals surface area contributed by atoms with E-state index in [0.29, 0.717) is 15.8 Å². The Labute approximate surface area is 141 Å². The zero-order chi connectivity index (χ0) is 15.2. The fraction of sp³-hybridized carbons (Fsp3) is 0.267. The second-order valence-corrected chi connectivity index (χ2v) is 7.16. The van der Waals surface area contributed by atoms with Gasteiger partial charge in [-0.25, -0.2) is 0 Å². The second-order valence-electron chi connectivity index (χ2n) is 4.65. The SMILES string of the molecule is CNC[C@H](Cc1ccccc1)NC(=O)c1cc(Br)c(Cl)s1. The van der Waals surface area contributed by atoms with Gasteiger partial charge in [-0.3, -0.25) is 4.79 Å². The molecule has 1 amide bonds. The maximum atomic E-state index is 12.3. The van der Waals surface area contributed by atoms with Crippen LogP contribution in [0, 0.1) is 0 Å². The molecule has 3 nitrogen and oxygen atoms in total. The summed E-state index contributed by atoms with van der Waals surface area (Å²) in [4.78, 5) is 12.9. The number of hydrogen-bond acceptors (Lipinski definition) is 3. The number of halogens is 2. The standard InChI is InChI=1S/C15H16BrClN2OS/c1-18-9-11(7-10-5-3-2-4-6-10)19-15(20)13-8-12(16)14(17)21-13/h2-6,8,11,18H,7,9H2,1H3,(H,19,20)/t11-/m0/s1. The fourth-order valence-corrected chi connectivity index (χ4v) is 3.64. The number of benzene rings is 1. The van der Waals surface area contributed by atoms with E-state index in [2.05, 4.69) is 38.7 Å². The Morgan fingerprint density at radius 1 is 1.38 bits per heavy atom. The summed E-state index contributed by atoms with van der Waals surface area (Å²) in [6.45, 7) is 0.709. The Balaban J connectivity index is 2.03. The quantitative estimate of drug-likeness (QED) is 0.793. The molecule has 2 aromatic rings. The largest absolute Gasteiger partial charge is 0.347 e. The van der Waals surface area contributed by atoms with Crippen LogP contribution in [0.2, 0.25) is 4.34 Å². The lowest BCUT2D eigenvalue weighted by atomic mass is 10.1. The van der Waals surface area contributed by atoms with Gasteiger partial charge in [0, 0.05) is 17.1 Å². The highest BCUT2D eigenvalue weighted by molar-refractivity contribution is 9.10. The van der Waals surface area contributed by atoms with Gasteiger partial charge in [0.1, 0.15) is 4.34 Å². The highest BCUT2D eigenvalue weighted by Crippen LogP contribution is 2.31. The minimum absolute atomic E-state index is 0.0320. The molecule has 0 saturated carbocycles. The summed E-state index contributed by atoms with van der Waals surface area (Å²) in [5, 5.41) is 6.17. The van der Waals surface area contributed by atoms with Crippen LogP contribution in [0.15, 0.2) is 40.9 Å². The van der Waals surface area contributed by atoms with Crippen molar-refractivity contribution < 1.29 is 4.79 Å². The third-order valence-corrected chi connectivity index (χ3v) is 5.45. The molecule has 0 saturated heterocycles. The van der Waals surface area contributed by atoms with Gasteiger partial charge in [0.25, 0.3) is 5.91 Å². The first-order chi connectivity index (χ1) is 10.1. The molecule has 2 N–H and O–H groups in total. The number of carbonyl (C=O) groups excluding carboxylic acids is 1. The number of likely N-dealkylation sites (N-methyl/N-ethyl adjacent to an activating group) is 1. The average molecular weight is 388 g/mol. The van der Waals surface area contributed by atoms with Crippen LogP contribution >= 0.6 is 38.9 Å². The summed E-state index contributed by atoms with van der Waals surface area (Å²) in [6.07, 6.45) is 0.785. The van der Waals surface area contributed by atoms with Crippen molar-refractivity contribution in [1.29, 1.82) is 0 Å². The summed E-state index contributed by atoms with van der Waals surface area (Å²) in [5.74, 6) is -0.0937. The fourth-order valence-electron chi connectivity index (χ4n) is 2.03. The zero-order valence-electron chi connectivity index (χ0n) is 11.5. The van der Waals surface area contributed by atoms with E-state index < -0.39 is 0 Å². The third-order valence-electron chi connectivity index (χ3n) is 2.98. The van der Waals surface area contributed by atoms with E-state index in [0.717, 1.165) is 10.9 Å². The highest BCUT2D eigenvalue weighted by Gasteiger charge is 2.17. The summed E-state index contributed by atoms with van der Waals surface area (Å²) < 4.78 is 1.35. The monoisotopic (exact) mass is 386 g/mol. The average Bonchev–Trinajstić information content (AvgIpc) is 2.80. The van der Waals surface area contributed by atoms with Gasteiger partial charge in [0.05, 0.1) is 4.88 Å². The Hall–Kier alpha value is -0.880. The zero-order valence-corrected chi connectivity index (χ0v) is 14.7. The Bertz CT molecular complexity index is 583. The second kappa shape index (κ2) is 7.94. The van der Waals surface area contributed by atoms with Crippen molar-refractivity contribution in [3.05, 3.63) is 55.6 Å². The van der Waals surface area contributed by atoms with Crippen LogP contribution in [0.1, 0.15) is 15.2 Å². The number of nitrogens with one attached hydrogen (secondary N) is 2. The lowest BCUT2D eigenvalue weighted by Crippen LogP contribution is -2.42. The molecule has 112 valence electrons. The number of amides is 1. The minimum Gasteiger partial charge on any atom is -0.347 e. The molecule has 0 radical (unpaired) electrons. The van der Waals surface area contributed by atoms with Gasteiger partial charge in [0.15, 0.2) is 0 Å². The third kappa shape index (κ3) is 4.81. The van der Waals surface area contributed by atoms with Crippen molar-refractivity contribution in [3.8, 4) is 0 Å². The summed E-state index contributed by atoms with van der Waals surface area (Å²) >= 11 is 10.6. The van der Waals surface area contributed by atoms with Crippen molar-refractivity contribution in [2.75, 3.05) is 13.6 Å². The molecule has 1 aromatic carbocycles. The molecule has 21 heavy (non-hydrogen) atoms. The maximum Gasteiger partial charge on any atom is 0.261 e. The van der Waals surface area contributed by atoms with E-state index in [1.165, 1.54) is 16.9 Å². The molecule has 0 aliphatic rings. The van der Waals surface area contributed by atoms with E-state index in [9.17, 15) is 4.79 Å². The van der Waals surface area contributed by atoms with Gasteiger partial charge >= 0.3 is 0 Å². The van der Waals surface area contributed by atoms with Crippen molar-refractivity contribution in [2.45, 2.75) is 12.5 Å². The molecule has 0 fully saturated rings. The van der Waals surface area contributed by atoms with Gasteiger partial charge in [-0.15, -0.1) is 11.3 Å². The smallest absolute Gasteiger partial charge is 0.261 e. The van der Waals surface area contributed by atoms with Gasteiger partial charge in [-0.05, 0) is 41.0 Å². The van der Waals surface area contributed by atoms with E-state index >= 15 is 0 Å². The molecule has 2 rings (SSSR count). The van der Waals surface area contributed by atoms with Crippen LogP contribution in [-0.4, -0.2) is 25.5 Å². The molecule has 0 spiro atoms. The van der Waals surface area contributed by atoms with Crippen LogP contribution in [0.3, 0.4) is 0 Å². The van der Waals surface area contributed by atoms with Gasteiger partial charge in [-0.2, -0.15) is 0 Å². The lowest BCUT2D eigenvalue weighted by molar-refractivity contribution is 0.0941. The van der Waals surface area contributed by atoms with Crippen LogP contribution in [0.4, 0.5) is 0 Å². The Kier molecular flexibility index (Phi) is 6.23. The first kappa shape index (κ1) is 16.5. The van der Waals surface area contributed by atoms with E-state index in [-0.39, 0.29) is 11.9 Å². The van der Waals surface area contributed by atoms with Crippen molar-refractivity contribution >= 4 is 44.8 Å². The first-order valence-corrected chi connectivity index (χ1v) is 8.53. The first-order valence-electron chi connectivity index (χ1n) is 6.54. The number of rotatable bonds is 6. The Morgan fingerprint density at radius 2 is 2.10 bits per heavy atom. The van der Waals surface area contributed by atoms with Gasteiger partial charge < -0.3 is 10.6 Å². The molecule has 0 aliphatic carbocycles. The number of thiophene rings is 1. The molecule has 0 unspecified atom stereocenters. The van der Waals surface area contributed by atoms with Crippen molar-refractivity contribution in [1.82, 2.24) is 10.6 Å². The van der Waals surface area contributed by atoms with Crippen molar-refractivity contribution in [3.63, 3.8) is 0 Å². The van der Waals surface area contributed by atoms with E-state index in [1.807, 2.05) is 25.2 Å². The number of carbonyl (C=O) groups is 1. The molecular weight excluding hydrogens is 372 g/mol.